The zero-order valence-corrected chi connectivity index (χ0v) is 17.6. The van der Waals surface area contributed by atoms with E-state index in [-0.39, 0.29) is 6.04 Å². The summed E-state index contributed by atoms with van der Waals surface area (Å²) in [4.78, 5) is 6.63. The van der Waals surface area contributed by atoms with Crippen molar-refractivity contribution in [2.75, 3.05) is 14.1 Å². The third kappa shape index (κ3) is 5.70. The highest BCUT2D eigenvalue weighted by Crippen LogP contribution is 2.22. The highest BCUT2D eigenvalue weighted by atomic mass is 35.5. The van der Waals surface area contributed by atoms with Gasteiger partial charge in [-0.2, -0.15) is 0 Å². The van der Waals surface area contributed by atoms with Gasteiger partial charge in [0.15, 0.2) is 5.96 Å². The maximum Gasteiger partial charge on any atom is 0.240 e. The number of hydrogen-bond acceptors (Lipinski definition) is 3. The summed E-state index contributed by atoms with van der Waals surface area (Å²) in [7, 11) is 0.285. The molecule has 0 atom stereocenters. The van der Waals surface area contributed by atoms with Gasteiger partial charge in [-0.3, -0.25) is 4.99 Å². The number of halogens is 1. The van der Waals surface area contributed by atoms with Crippen molar-refractivity contribution in [2.45, 2.75) is 36.9 Å². The van der Waals surface area contributed by atoms with E-state index in [0.29, 0.717) is 23.0 Å². The molecule has 1 aliphatic carbocycles. The van der Waals surface area contributed by atoms with Crippen LogP contribution in [-0.4, -0.2) is 39.4 Å². The van der Waals surface area contributed by atoms with Crippen molar-refractivity contribution in [2.24, 2.45) is 4.99 Å². The molecule has 3 rings (SSSR count). The Morgan fingerprint density at radius 2 is 1.71 bits per heavy atom. The predicted molar refractivity (Wildman–Crippen MR) is 113 cm³/mol. The van der Waals surface area contributed by atoms with E-state index in [1.54, 1.807) is 19.2 Å². The second-order valence-corrected chi connectivity index (χ2v) is 9.07. The molecule has 0 saturated heterocycles. The minimum Gasteiger partial charge on any atom is -0.352 e. The Morgan fingerprint density at radius 3 is 2.29 bits per heavy atom. The van der Waals surface area contributed by atoms with E-state index in [9.17, 15) is 8.42 Å². The van der Waals surface area contributed by atoms with Gasteiger partial charge in [0.1, 0.15) is 0 Å². The Balaban J connectivity index is 1.56. The summed E-state index contributed by atoms with van der Waals surface area (Å²) >= 11 is 5.93. The Kier molecular flexibility index (Phi) is 6.59. The number of nitrogens with zero attached hydrogens (tertiary/aromatic N) is 2. The summed E-state index contributed by atoms with van der Waals surface area (Å²) in [5, 5.41) is 4.02. The van der Waals surface area contributed by atoms with Crippen molar-refractivity contribution >= 4 is 27.6 Å². The number of benzene rings is 2. The first-order valence-corrected chi connectivity index (χ1v) is 11.0. The first-order valence-electron chi connectivity index (χ1n) is 9.15. The maximum absolute atomic E-state index is 12.2. The lowest BCUT2D eigenvalue weighted by Gasteiger charge is -2.22. The molecule has 150 valence electrons. The molecule has 0 unspecified atom stereocenters. The van der Waals surface area contributed by atoms with Gasteiger partial charge in [-0.15, -0.1) is 0 Å². The van der Waals surface area contributed by atoms with Gasteiger partial charge in [0.25, 0.3) is 0 Å². The zero-order valence-electron chi connectivity index (χ0n) is 16.0. The second kappa shape index (κ2) is 8.94. The van der Waals surface area contributed by atoms with Crippen LogP contribution in [0.15, 0.2) is 58.4 Å². The van der Waals surface area contributed by atoms with Crippen molar-refractivity contribution in [1.82, 2.24) is 14.9 Å². The Bertz CT molecular complexity index is 924. The largest absolute Gasteiger partial charge is 0.352 e. The van der Waals surface area contributed by atoms with Crippen molar-refractivity contribution in [3.8, 4) is 0 Å². The molecule has 8 heteroatoms. The van der Waals surface area contributed by atoms with E-state index in [1.807, 2.05) is 48.3 Å². The molecule has 2 aromatic rings. The summed E-state index contributed by atoms with van der Waals surface area (Å²) in [6.45, 7) is 1.24. The van der Waals surface area contributed by atoms with Gasteiger partial charge >= 0.3 is 0 Å². The van der Waals surface area contributed by atoms with E-state index in [4.69, 9.17) is 11.6 Å². The van der Waals surface area contributed by atoms with E-state index in [2.05, 4.69) is 15.0 Å². The SMILES string of the molecule is CN=C(NCc1ccc(S(=O)(=O)NC2CC2)cc1)N(C)Cc1ccc(Cl)cc1. The molecule has 0 amide bonds. The summed E-state index contributed by atoms with van der Waals surface area (Å²) < 4.78 is 27.1. The van der Waals surface area contributed by atoms with E-state index in [1.165, 1.54) is 0 Å². The lowest BCUT2D eigenvalue weighted by atomic mass is 10.2. The molecule has 1 saturated carbocycles. The smallest absolute Gasteiger partial charge is 0.240 e. The van der Waals surface area contributed by atoms with Gasteiger partial charge < -0.3 is 10.2 Å². The number of rotatable bonds is 7. The fraction of sp³-hybridized carbons (Fsp3) is 0.350. The molecular formula is C20H25ClN4O2S. The zero-order chi connectivity index (χ0) is 20.1. The molecule has 6 nitrogen and oxygen atoms in total. The molecule has 1 aliphatic rings. The molecule has 28 heavy (non-hydrogen) atoms. The summed E-state index contributed by atoms with van der Waals surface area (Å²) in [5.41, 5.74) is 2.11. The van der Waals surface area contributed by atoms with Gasteiger partial charge in [0.2, 0.25) is 10.0 Å². The van der Waals surface area contributed by atoms with E-state index >= 15 is 0 Å². The van der Waals surface area contributed by atoms with Crippen LogP contribution in [0.1, 0.15) is 24.0 Å². The molecule has 1 fully saturated rings. The van der Waals surface area contributed by atoms with Crippen molar-refractivity contribution in [3.63, 3.8) is 0 Å². The third-order valence-corrected chi connectivity index (χ3v) is 6.28. The molecule has 0 aliphatic heterocycles. The molecule has 2 aromatic carbocycles. The molecule has 0 aromatic heterocycles. The summed E-state index contributed by atoms with van der Waals surface area (Å²) in [6, 6.07) is 14.7. The summed E-state index contributed by atoms with van der Waals surface area (Å²) in [6.07, 6.45) is 1.84. The minimum absolute atomic E-state index is 0.103. The predicted octanol–water partition coefficient (Wildman–Crippen LogP) is 2.99. The van der Waals surface area contributed by atoms with Crippen molar-refractivity contribution in [3.05, 3.63) is 64.7 Å². The standard InChI is InChI=1S/C20H25ClN4O2S/c1-22-20(25(2)14-16-3-7-17(21)8-4-16)23-13-15-5-11-19(12-6-15)28(26,27)24-18-9-10-18/h3-8,11-12,18,24H,9-10,13-14H2,1-2H3,(H,22,23). The minimum atomic E-state index is -3.41. The first-order chi connectivity index (χ1) is 13.4. The lowest BCUT2D eigenvalue weighted by Crippen LogP contribution is -2.38. The highest BCUT2D eigenvalue weighted by Gasteiger charge is 2.27. The number of sulfonamides is 1. The number of aliphatic imine (C=N–C) groups is 1. The van der Waals surface area contributed by atoms with Gasteiger partial charge in [-0.25, -0.2) is 13.1 Å². The maximum atomic E-state index is 12.2. The first kappa shape index (κ1) is 20.6. The van der Waals surface area contributed by atoms with Crippen molar-refractivity contribution < 1.29 is 8.42 Å². The second-order valence-electron chi connectivity index (χ2n) is 6.92. The van der Waals surface area contributed by atoms with Gasteiger partial charge in [0.05, 0.1) is 4.90 Å². The average Bonchev–Trinajstić information content (AvgIpc) is 3.48. The average molecular weight is 421 g/mol. The fourth-order valence-corrected chi connectivity index (χ4v) is 4.21. The van der Waals surface area contributed by atoms with Crippen LogP contribution in [-0.2, 0) is 23.1 Å². The van der Waals surface area contributed by atoms with Crippen LogP contribution >= 0.6 is 11.6 Å². The van der Waals surface area contributed by atoms with Crippen LogP contribution in [0, 0.1) is 0 Å². The third-order valence-electron chi connectivity index (χ3n) is 4.49. The van der Waals surface area contributed by atoms with E-state index < -0.39 is 10.0 Å². The Labute approximate surface area is 171 Å². The van der Waals surface area contributed by atoms with Crippen LogP contribution in [0.4, 0.5) is 0 Å². The van der Waals surface area contributed by atoms with Crippen LogP contribution in [0.5, 0.6) is 0 Å². The normalized spacial score (nSPS) is 14.8. The van der Waals surface area contributed by atoms with Crippen molar-refractivity contribution in [1.29, 1.82) is 0 Å². The monoisotopic (exact) mass is 420 g/mol. The summed E-state index contributed by atoms with van der Waals surface area (Å²) in [5.74, 6) is 0.752. The quantitative estimate of drug-likeness (QED) is 0.533. The molecule has 0 bridgehead atoms. The van der Waals surface area contributed by atoms with Crippen LogP contribution in [0.2, 0.25) is 5.02 Å². The molecule has 2 N–H and O–H groups in total. The van der Waals surface area contributed by atoms with Gasteiger partial charge in [-0.05, 0) is 48.2 Å². The lowest BCUT2D eigenvalue weighted by molar-refractivity contribution is 0.476. The van der Waals surface area contributed by atoms with Crippen LogP contribution < -0.4 is 10.0 Å². The molecular weight excluding hydrogens is 396 g/mol. The number of nitrogens with one attached hydrogen (secondary N) is 2. The molecule has 0 spiro atoms. The topological polar surface area (TPSA) is 73.8 Å². The van der Waals surface area contributed by atoms with Gasteiger partial charge in [-0.1, -0.05) is 35.9 Å². The highest BCUT2D eigenvalue weighted by molar-refractivity contribution is 7.89. The van der Waals surface area contributed by atoms with Crippen LogP contribution in [0.25, 0.3) is 0 Å². The van der Waals surface area contributed by atoms with Crippen LogP contribution in [0.3, 0.4) is 0 Å². The van der Waals surface area contributed by atoms with E-state index in [0.717, 1.165) is 29.9 Å². The van der Waals surface area contributed by atoms with Gasteiger partial charge in [0, 0.05) is 38.2 Å². The number of hydrogen-bond donors (Lipinski definition) is 2. The Hall–Kier alpha value is -2.09. The number of guanidine groups is 1. The fourth-order valence-electron chi connectivity index (χ4n) is 2.78. The molecule has 0 heterocycles. The Morgan fingerprint density at radius 1 is 1.11 bits per heavy atom. The molecule has 0 radical (unpaired) electrons.